The molecule has 1 fully saturated rings. The van der Waals surface area contributed by atoms with Crippen LogP contribution in [-0.4, -0.2) is 30.5 Å². The van der Waals surface area contributed by atoms with Crippen LogP contribution in [0.5, 0.6) is 0 Å². The van der Waals surface area contributed by atoms with Crippen LogP contribution in [0.4, 0.5) is 0 Å². The SMILES string of the molecule is CCCCNC(=NCc1ccccc1)N1CCCC1. The van der Waals surface area contributed by atoms with Gasteiger partial charge in [-0.25, -0.2) is 4.99 Å². The normalized spacial score (nSPS) is 15.8. The second-order valence-electron chi connectivity index (χ2n) is 5.10. The van der Waals surface area contributed by atoms with Gasteiger partial charge in [0.15, 0.2) is 5.96 Å². The summed E-state index contributed by atoms with van der Waals surface area (Å²) in [6, 6.07) is 10.5. The molecule has 1 aliphatic heterocycles. The number of hydrogen-bond acceptors (Lipinski definition) is 1. The summed E-state index contributed by atoms with van der Waals surface area (Å²) in [5, 5.41) is 3.51. The molecule has 1 saturated heterocycles. The van der Waals surface area contributed by atoms with Crippen molar-refractivity contribution in [3.8, 4) is 0 Å². The van der Waals surface area contributed by atoms with Crippen molar-refractivity contribution >= 4 is 5.96 Å². The third-order valence-corrected chi connectivity index (χ3v) is 3.47. The first-order valence-electron chi connectivity index (χ1n) is 7.47. The lowest BCUT2D eigenvalue weighted by molar-refractivity contribution is 0.489. The quantitative estimate of drug-likeness (QED) is 0.500. The van der Waals surface area contributed by atoms with Gasteiger partial charge in [0.2, 0.25) is 0 Å². The molecule has 0 bridgehead atoms. The molecule has 1 aromatic carbocycles. The van der Waals surface area contributed by atoms with Gasteiger partial charge in [-0.15, -0.1) is 0 Å². The smallest absolute Gasteiger partial charge is 0.194 e. The Bertz CT molecular complexity index is 380. The van der Waals surface area contributed by atoms with E-state index in [4.69, 9.17) is 4.99 Å². The Morgan fingerprint density at radius 1 is 1.21 bits per heavy atom. The van der Waals surface area contributed by atoms with Crippen LogP contribution in [0.3, 0.4) is 0 Å². The molecule has 19 heavy (non-hydrogen) atoms. The van der Waals surface area contributed by atoms with Gasteiger partial charge in [0.25, 0.3) is 0 Å². The Morgan fingerprint density at radius 3 is 2.63 bits per heavy atom. The Kier molecular flexibility index (Phi) is 5.73. The summed E-state index contributed by atoms with van der Waals surface area (Å²) >= 11 is 0. The zero-order valence-electron chi connectivity index (χ0n) is 11.9. The van der Waals surface area contributed by atoms with Crippen molar-refractivity contribution in [2.45, 2.75) is 39.2 Å². The average Bonchev–Trinajstić information content (AvgIpc) is 2.98. The number of nitrogens with zero attached hydrogens (tertiary/aromatic N) is 2. The van der Waals surface area contributed by atoms with Crippen LogP contribution in [0, 0.1) is 0 Å². The fourth-order valence-corrected chi connectivity index (χ4v) is 2.32. The molecular weight excluding hydrogens is 234 g/mol. The topological polar surface area (TPSA) is 27.6 Å². The van der Waals surface area contributed by atoms with E-state index in [2.05, 4.69) is 41.4 Å². The summed E-state index contributed by atoms with van der Waals surface area (Å²) < 4.78 is 0. The van der Waals surface area contributed by atoms with E-state index in [0.717, 1.165) is 32.1 Å². The van der Waals surface area contributed by atoms with Gasteiger partial charge in [-0.3, -0.25) is 0 Å². The summed E-state index contributed by atoms with van der Waals surface area (Å²) in [4.78, 5) is 7.17. The fraction of sp³-hybridized carbons (Fsp3) is 0.562. The predicted octanol–water partition coefficient (Wildman–Crippen LogP) is 3.03. The molecule has 2 rings (SSSR count). The minimum absolute atomic E-state index is 0.770. The second kappa shape index (κ2) is 7.82. The van der Waals surface area contributed by atoms with Crippen molar-refractivity contribution in [2.24, 2.45) is 4.99 Å². The van der Waals surface area contributed by atoms with Gasteiger partial charge >= 0.3 is 0 Å². The second-order valence-corrected chi connectivity index (χ2v) is 5.10. The number of guanidine groups is 1. The molecule has 3 nitrogen and oxygen atoms in total. The third kappa shape index (κ3) is 4.58. The molecule has 1 heterocycles. The molecule has 0 radical (unpaired) electrons. The summed E-state index contributed by atoms with van der Waals surface area (Å²) in [5.41, 5.74) is 1.27. The number of benzene rings is 1. The number of aliphatic imine (C=N–C) groups is 1. The maximum absolute atomic E-state index is 4.78. The first-order chi connectivity index (χ1) is 9.40. The zero-order chi connectivity index (χ0) is 13.3. The van der Waals surface area contributed by atoms with Gasteiger partial charge in [0.1, 0.15) is 0 Å². The fourth-order valence-electron chi connectivity index (χ4n) is 2.32. The minimum Gasteiger partial charge on any atom is -0.356 e. The van der Waals surface area contributed by atoms with Gasteiger partial charge in [0.05, 0.1) is 6.54 Å². The maximum Gasteiger partial charge on any atom is 0.194 e. The van der Waals surface area contributed by atoms with Gasteiger partial charge in [0, 0.05) is 19.6 Å². The molecule has 0 atom stereocenters. The van der Waals surface area contributed by atoms with Crippen LogP contribution in [0.15, 0.2) is 35.3 Å². The highest BCUT2D eigenvalue weighted by molar-refractivity contribution is 5.80. The Labute approximate surface area is 116 Å². The predicted molar refractivity (Wildman–Crippen MR) is 81.3 cm³/mol. The van der Waals surface area contributed by atoms with Crippen molar-refractivity contribution in [1.82, 2.24) is 10.2 Å². The number of unbranched alkanes of at least 4 members (excludes halogenated alkanes) is 1. The average molecular weight is 259 g/mol. The van der Waals surface area contributed by atoms with Crippen molar-refractivity contribution in [1.29, 1.82) is 0 Å². The van der Waals surface area contributed by atoms with Crippen LogP contribution >= 0.6 is 0 Å². The summed E-state index contributed by atoms with van der Waals surface area (Å²) in [6.45, 7) is 6.31. The molecule has 0 unspecified atom stereocenters. The zero-order valence-corrected chi connectivity index (χ0v) is 11.9. The largest absolute Gasteiger partial charge is 0.356 e. The van der Waals surface area contributed by atoms with E-state index >= 15 is 0 Å². The third-order valence-electron chi connectivity index (χ3n) is 3.47. The van der Waals surface area contributed by atoms with E-state index < -0.39 is 0 Å². The first kappa shape index (κ1) is 13.9. The molecule has 0 amide bonds. The van der Waals surface area contributed by atoms with Crippen LogP contribution in [0.2, 0.25) is 0 Å². The van der Waals surface area contributed by atoms with Gasteiger partial charge in [-0.1, -0.05) is 43.7 Å². The summed E-state index contributed by atoms with van der Waals surface area (Å²) in [5.74, 6) is 1.09. The van der Waals surface area contributed by atoms with Crippen LogP contribution in [0.1, 0.15) is 38.2 Å². The number of likely N-dealkylation sites (tertiary alicyclic amines) is 1. The lowest BCUT2D eigenvalue weighted by atomic mass is 10.2. The molecule has 0 spiro atoms. The Hall–Kier alpha value is -1.51. The van der Waals surface area contributed by atoms with Crippen molar-refractivity contribution in [3.63, 3.8) is 0 Å². The maximum atomic E-state index is 4.78. The Balaban J connectivity index is 1.94. The minimum atomic E-state index is 0.770. The Morgan fingerprint density at radius 2 is 1.95 bits per heavy atom. The monoisotopic (exact) mass is 259 g/mol. The van der Waals surface area contributed by atoms with Crippen LogP contribution < -0.4 is 5.32 Å². The molecule has 104 valence electrons. The van der Waals surface area contributed by atoms with E-state index in [-0.39, 0.29) is 0 Å². The first-order valence-corrected chi connectivity index (χ1v) is 7.47. The molecule has 0 aromatic heterocycles. The molecule has 0 aliphatic carbocycles. The molecule has 3 heteroatoms. The van der Waals surface area contributed by atoms with E-state index in [9.17, 15) is 0 Å². The highest BCUT2D eigenvalue weighted by Crippen LogP contribution is 2.09. The summed E-state index contributed by atoms with van der Waals surface area (Å²) in [7, 11) is 0. The summed E-state index contributed by atoms with van der Waals surface area (Å²) in [6.07, 6.45) is 5.01. The van der Waals surface area contributed by atoms with E-state index in [1.165, 1.54) is 31.2 Å². The molecular formula is C16H25N3. The molecule has 1 aliphatic rings. The van der Waals surface area contributed by atoms with Crippen molar-refractivity contribution in [2.75, 3.05) is 19.6 Å². The highest BCUT2D eigenvalue weighted by Gasteiger charge is 2.15. The van der Waals surface area contributed by atoms with Crippen molar-refractivity contribution < 1.29 is 0 Å². The van der Waals surface area contributed by atoms with E-state index in [1.54, 1.807) is 0 Å². The molecule has 1 aromatic rings. The number of hydrogen-bond donors (Lipinski definition) is 1. The van der Waals surface area contributed by atoms with E-state index in [1.807, 2.05) is 6.07 Å². The van der Waals surface area contributed by atoms with Crippen molar-refractivity contribution in [3.05, 3.63) is 35.9 Å². The van der Waals surface area contributed by atoms with E-state index in [0.29, 0.717) is 0 Å². The molecule has 0 saturated carbocycles. The van der Waals surface area contributed by atoms with Gasteiger partial charge in [-0.2, -0.15) is 0 Å². The van der Waals surface area contributed by atoms with Crippen LogP contribution in [-0.2, 0) is 6.54 Å². The van der Waals surface area contributed by atoms with Gasteiger partial charge < -0.3 is 10.2 Å². The molecule has 1 N–H and O–H groups in total. The lowest BCUT2D eigenvalue weighted by Gasteiger charge is -2.21. The lowest BCUT2D eigenvalue weighted by Crippen LogP contribution is -2.40. The number of rotatable bonds is 5. The highest BCUT2D eigenvalue weighted by atomic mass is 15.3. The van der Waals surface area contributed by atoms with Gasteiger partial charge in [-0.05, 0) is 24.8 Å². The standard InChI is InChI=1S/C16H25N3/c1-2-3-11-17-16(19-12-7-8-13-19)18-14-15-9-5-4-6-10-15/h4-6,9-10H,2-3,7-8,11-14H2,1H3,(H,17,18). The number of nitrogens with one attached hydrogen (secondary N) is 1. The van der Waals surface area contributed by atoms with Crippen LogP contribution in [0.25, 0.3) is 0 Å².